The van der Waals surface area contributed by atoms with Crippen molar-refractivity contribution in [3.05, 3.63) is 35.4 Å². The van der Waals surface area contributed by atoms with Crippen molar-refractivity contribution in [3.8, 4) is 0 Å². The molecule has 1 saturated heterocycles. The molecule has 20 heavy (non-hydrogen) atoms. The summed E-state index contributed by atoms with van der Waals surface area (Å²) in [5.74, 6) is 0. The molecule has 1 unspecified atom stereocenters. The SMILES string of the molecule is Cc1ccccc1[C@@H](C)NCC1CN(C(C)C)CCO1. The predicted molar refractivity (Wildman–Crippen MR) is 84.0 cm³/mol. The van der Waals surface area contributed by atoms with E-state index in [4.69, 9.17) is 4.74 Å². The van der Waals surface area contributed by atoms with Crippen LogP contribution in [0, 0.1) is 6.92 Å². The minimum Gasteiger partial charge on any atom is -0.374 e. The average molecular weight is 276 g/mol. The Morgan fingerprint density at radius 1 is 1.30 bits per heavy atom. The Morgan fingerprint density at radius 2 is 2.05 bits per heavy atom. The maximum absolute atomic E-state index is 5.87. The number of ether oxygens (including phenoxy) is 1. The van der Waals surface area contributed by atoms with E-state index < -0.39 is 0 Å². The molecule has 2 atom stereocenters. The molecule has 1 aromatic carbocycles. The number of aryl methyl sites for hydroxylation is 1. The summed E-state index contributed by atoms with van der Waals surface area (Å²) in [6, 6.07) is 9.55. The largest absolute Gasteiger partial charge is 0.374 e. The van der Waals surface area contributed by atoms with Gasteiger partial charge in [-0.3, -0.25) is 4.90 Å². The van der Waals surface area contributed by atoms with Gasteiger partial charge in [0.15, 0.2) is 0 Å². The lowest BCUT2D eigenvalue weighted by molar-refractivity contribution is -0.0380. The van der Waals surface area contributed by atoms with E-state index in [0.717, 1.165) is 26.2 Å². The third-order valence-electron chi connectivity index (χ3n) is 4.21. The van der Waals surface area contributed by atoms with E-state index in [9.17, 15) is 0 Å². The first-order valence-electron chi connectivity index (χ1n) is 7.72. The van der Waals surface area contributed by atoms with Gasteiger partial charge in [0, 0.05) is 31.7 Å². The van der Waals surface area contributed by atoms with Crippen molar-refractivity contribution in [2.45, 2.75) is 45.9 Å². The predicted octanol–water partition coefficient (Wildman–Crippen LogP) is 2.75. The fourth-order valence-corrected chi connectivity index (χ4v) is 2.83. The normalized spacial score (nSPS) is 22.1. The Kier molecular flexibility index (Phi) is 5.58. The second kappa shape index (κ2) is 7.21. The van der Waals surface area contributed by atoms with Crippen molar-refractivity contribution in [2.75, 3.05) is 26.2 Å². The molecule has 1 aliphatic heterocycles. The van der Waals surface area contributed by atoms with Crippen LogP contribution in [0.1, 0.15) is 37.9 Å². The molecule has 112 valence electrons. The van der Waals surface area contributed by atoms with Gasteiger partial charge in [0.05, 0.1) is 12.7 Å². The molecule has 2 rings (SSSR count). The van der Waals surface area contributed by atoms with Gasteiger partial charge in [-0.05, 0) is 38.8 Å². The van der Waals surface area contributed by atoms with Crippen LogP contribution in [0.4, 0.5) is 0 Å². The van der Waals surface area contributed by atoms with Crippen LogP contribution < -0.4 is 5.32 Å². The summed E-state index contributed by atoms with van der Waals surface area (Å²) < 4.78 is 5.87. The first-order valence-corrected chi connectivity index (χ1v) is 7.72. The molecule has 0 aromatic heterocycles. The second-order valence-corrected chi connectivity index (χ2v) is 6.07. The molecule has 0 spiro atoms. The molecule has 1 heterocycles. The highest BCUT2D eigenvalue weighted by Crippen LogP contribution is 2.17. The highest BCUT2D eigenvalue weighted by molar-refractivity contribution is 5.28. The molecule has 0 radical (unpaired) electrons. The Hall–Kier alpha value is -0.900. The number of hydrogen-bond acceptors (Lipinski definition) is 3. The van der Waals surface area contributed by atoms with E-state index in [1.165, 1.54) is 11.1 Å². The number of nitrogens with one attached hydrogen (secondary N) is 1. The molecular formula is C17H28N2O. The van der Waals surface area contributed by atoms with Crippen molar-refractivity contribution >= 4 is 0 Å². The van der Waals surface area contributed by atoms with Gasteiger partial charge < -0.3 is 10.1 Å². The summed E-state index contributed by atoms with van der Waals surface area (Å²) in [6.45, 7) is 12.8. The third-order valence-corrected chi connectivity index (χ3v) is 4.21. The van der Waals surface area contributed by atoms with Gasteiger partial charge in [-0.15, -0.1) is 0 Å². The molecular weight excluding hydrogens is 248 g/mol. The van der Waals surface area contributed by atoms with E-state index in [2.05, 4.69) is 62.2 Å². The fourth-order valence-electron chi connectivity index (χ4n) is 2.83. The lowest BCUT2D eigenvalue weighted by Crippen LogP contribution is -2.49. The zero-order valence-electron chi connectivity index (χ0n) is 13.2. The lowest BCUT2D eigenvalue weighted by Gasteiger charge is -2.36. The number of hydrogen-bond donors (Lipinski definition) is 1. The molecule has 0 aliphatic carbocycles. The van der Waals surface area contributed by atoms with Crippen LogP contribution in [0.2, 0.25) is 0 Å². The number of rotatable bonds is 5. The van der Waals surface area contributed by atoms with Crippen molar-refractivity contribution in [2.24, 2.45) is 0 Å². The molecule has 0 saturated carbocycles. The van der Waals surface area contributed by atoms with Crippen LogP contribution in [-0.2, 0) is 4.74 Å². The summed E-state index contributed by atoms with van der Waals surface area (Å²) >= 11 is 0. The zero-order valence-corrected chi connectivity index (χ0v) is 13.2. The highest BCUT2D eigenvalue weighted by atomic mass is 16.5. The Bertz CT molecular complexity index is 419. The van der Waals surface area contributed by atoms with Gasteiger partial charge >= 0.3 is 0 Å². The summed E-state index contributed by atoms with van der Waals surface area (Å²) in [5.41, 5.74) is 2.73. The van der Waals surface area contributed by atoms with Crippen LogP contribution in [0.25, 0.3) is 0 Å². The quantitative estimate of drug-likeness (QED) is 0.895. The molecule has 1 N–H and O–H groups in total. The van der Waals surface area contributed by atoms with Gasteiger partial charge in [0.1, 0.15) is 0 Å². The molecule has 0 amide bonds. The highest BCUT2D eigenvalue weighted by Gasteiger charge is 2.22. The fraction of sp³-hybridized carbons (Fsp3) is 0.647. The van der Waals surface area contributed by atoms with Crippen molar-refractivity contribution < 1.29 is 4.74 Å². The lowest BCUT2D eigenvalue weighted by atomic mass is 10.0. The average Bonchev–Trinajstić information content (AvgIpc) is 2.45. The van der Waals surface area contributed by atoms with E-state index in [1.54, 1.807) is 0 Å². The van der Waals surface area contributed by atoms with Crippen molar-refractivity contribution in [1.29, 1.82) is 0 Å². The van der Waals surface area contributed by atoms with E-state index in [1.807, 2.05) is 0 Å². The van der Waals surface area contributed by atoms with Crippen LogP contribution in [-0.4, -0.2) is 43.3 Å². The summed E-state index contributed by atoms with van der Waals surface area (Å²) in [7, 11) is 0. The molecule has 3 heteroatoms. The van der Waals surface area contributed by atoms with E-state index in [0.29, 0.717) is 18.2 Å². The van der Waals surface area contributed by atoms with Gasteiger partial charge in [-0.2, -0.15) is 0 Å². The molecule has 0 bridgehead atoms. The maximum Gasteiger partial charge on any atom is 0.0827 e. The Morgan fingerprint density at radius 3 is 2.75 bits per heavy atom. The topological polar surface area (TPSA) is 24.5 Å². The first-order chi connectivity index (χ1) is 9.58. The zero-order chi connectivity index (χ0) is 14.5. The van der Waals surface area contributed by atoms with E-state index >= 15 is 0 Å². The van der Waals surface area contributed by atoms with Gasteiger partial charge in [-0.25, -0.2) is 0 Å². The number of nitrogens with zero attached hydrogens (tertiary/aromatic N) is 1. The molecule has 1 aromatic rings. The van der Waals surface area contributed by atoms with Crippen LogP contribution in [0.15, 0.2) is 24.3 Å². The maximum atomic E-state index is 5.87. The number of morpholine rings is 1. The molecule has 1 fully saturated rings. The summed E-state index contributed by atoms with van der Waals surface area (Å²) in [4.78, 5) is 2.49. The Balaban J connectivity index is 1.84. The van der Waals surface area contributed by atoms with Crippen LogP contribution in [0.3, 0.4) is 0 Å². The summed E-state index contributed by atoms with van der Waals surface area (Å²) in [6.07, 6.45) is 0.303. The minimum atomic E-state index is 0.303. The van der Waals surface area contributed by atoms with Crippen LogP contribution >= 0.6 is 0 Å². The molecule has 3 nitrogen and oxygen atoms in total. The van der Waals surface area contributed by atoms with Crippen molar-refractivity contribution in [3.63, 3.8) is 0 Å². The van der Waals surface area contributed by atoms with Gasteiger partial charge in [-0.1, -0.05) is 24.3 Å². The van der Waals surface area contributed by atoms with Gasteiger partial charge in [0.2, 0.25) is 0 Å². The van der Waals surface area contributed by atoms with Crippen molar-refractivity contribution in [1.82, 2.24) is 10.2 Å². The first kappa shape index (κ1) is 15.5. The number of benzene rings is 1. The molecule has 1 aliphatic rings. The van der Waals surface area contributed by atoms with Crippen LogP contribution in [0.5, 0.6) is 0 Å². The third kappa shape index (κ3) is 4.05. The standard InChI is InChI=1S/C17H28N2O/c1-13(2)19-9-10-20-16(12-19)11-18-15(4)17-8-6-5-7-14(17)3/h5-8,13,15-16,18H,9-12H2,1-4H3/t15-,16?/m1/s1. The summed E-state index contributed by atoms with van der Waals surface area (Å²) in [5, 5.41) is 3.62. The monoisotopic (exact) mass is 276 g/mol. The Labute approximate surface area is 123 Å². The van der Waals surface area contributed by atoms with Gasteiger partial charge in [0.25, 0.3) is 0 Å². The van der Waals surface area contributed by atoms with E-state index in [-0.39, 0.29) is 0 Å². The minimum absolute atomic E-state index is 0.303. The smallest absolute Gasteiger partial charge is 0.0827 e. The second-order valence-electron chi connectivity index (χ2n) is 6.07.